The van der Waals surface area contributed by atoms with Gasteiger partial charge in [0.05, 0.1) is 11.0 Å². The second-order valence-electron chi connectivity index (χ2n) is 7.82. The Morgan fingerprint density at radius 1 is 1.03 bits per heavy atom. The Bertz CT molecular complexity index is 1290. The zero-order chi connectivity index (χ0) is 21.2. The molecule has 1 amide bonds. The maximum absolute atomic E-state index is 13.2. The first-order valence-corrected chi connectivity index (χ1v) is 10.6. The van der Waals surface area contributed by atoms with Gasteiger partial charge in [0.15, 0.2) is 0 Å². The molecule has 158 valence electrons. The van der Waals surface area contributed by atoms with E-state index in [1.807, 2.05) is 36.4 Å². The van der Waals surface area contributed by atoms with E-state index in [-0.39, 0.29) is 30.0 Å². The molecule has 8 nitrogen and oxygen atoms in total. The Hall–Kier alpha value is -3.68. The highest BCUT2D eigenvalue weighted by Crippen LogP contribution is 2.25. The monoisotopic (exact) mass is 417 g/mol. The van der Waals surface area contributed by atoms with E-state index in [1.165, 1.54) is 15.5 Å². The average molecular weight is 417 g/mol. The Morgan fingerprint density at radius 3 is 2.58 bits per heavy atom. The summed E-state index contributed by atoms with van der Waals surface area (Å²) in [5.41, 5.74) is 1.10. The predicted octanol–water partition coefficient (Wildman–Crippen LogP) is 3.29. The van der Waals surface area contributed by atoms with E-state index in [4.69, 9.17) is 4.74 Å². The third-order valence-electron chi connectivity index (χ3n) is 5.60. The van der Waals surface area contributed by atoms with Crippen LogP contribution in [0.2, 0.25) is 0 Å². The number of ether oxygens (including phenoxy) is 1. The van der Waals surface area contributed by atoms with Gasteiger partial charge in [0, 0.05) is 6.04 Å². The van der Waals surface area contributed by atoms with E-state index in [0.29, 0.717) is 16.8 Å². The molecule has 8 heteroatoms. The van der Waals surface area contributed by atoms with Gasteiger partial charge in [-0.2, -0.15) is 0 Å². The van der Waals surface area contributed by atoms with Crippen molar-refractivity contribution < 1.29 is 9.53 Å². The molecule has 0 bridgehead atoms. The van der Waals surface area contributed by atoms with Crippen molar-refractivity contribution >= 4 is 22.6 Å². The number of aromatic nitrogens is 4. The molecule has 0 unspecified atom stereocenters. The number of carbonyl (C=O) groups is 1. The van der Waals surface area contributed by atoms with Crippen molar-refractivity contribution in [2.75, 3.05) is 0 Å². The molecule has 1 aliphatic rings. The number of hydrogen-bond acceptors (Lipinski definition) is 5. The van der Waals surface area contributed by atoms with Crippen LogP contribution in [0, 0.1) is 0 Å². The maximum atomic E-state index is 13.2. The first kappa shape index (κ1) is 19.3. The summed E-state index contributed by atoms with van der Waals surface area (Å²) in [5.74, 6) is 0.595. The predicted molar refractivity (Wildman–Crippen MR) is 116 cm³/mol. The molecule has 1 aliphatic carbocycles. The lowest BCUT2D eigenvalue weighted by atomic mass is 9.95. The van der Waals surface area contributed by atoms with E-state index in [9.17, 15) is 9.59 Å². The molecule has 31 heavy (non-hydrogen) atoms. The van der Waals surface area contributed by atoms with Gasteiger partial charge in [-0.25, -0.2) is 18.9 Å². The van der Waals surface area contributed by atoms with E-state index in [1.54, 1.807) is 18.2 Å². The van der Waals surface area contributed by atoms with Crippen molar-refractivity contribution in [2.24, 2.45) is 0 Å². The third kappa shape index (κ3) is 3.88. The standard InChI is InChI=1S/C23H23N5O3/c29-20(24-16-9-3-1-4-10-16)15-27-23(30)28-19-14-8-7-13-18(19)25-22(21(28)26-27)31-17-11-5-2-6-12-17/h2,5-8,11-14,16H,1,3-4,9-10,15H2,(H,24,29). The average Bonchev–Trinajstić information content (AvgIpc) is 3.12. The third-order valence-corrected chi connectivity index (χ3v) is 5.60. The van der Waals surface area contributed by atoms with Gasteiger partial charge in [-0.1, -0.05) is 49.6 Å². The highest BCUT2D eigenvalue weighted by Gasteiger charge is 2.21. The SMILES string of the molecule is O=C(Cn1nc2c(Oc3ccccc3)nc3ccccc3n2c1=O)NC1CCCCC1. The minimum Gasteiger partial charge on any atom is -0.436 e. The van der Waals surface area contributed by atoms with E-state index in [2.05, 4.69) is 15.4 Å². The number of fused-ring (bicyclic) bond motifs is 3. The number of carbonyl (C=O) groups excluding carboxylic acids is 1. The van der Waals surface area contributed by atoms with Gasteiger partial charge in [-0.3, -0.25) is 4.79 Å². The summed E-state index contributed by atoms with van der Waals surface area (Å²) in [6.07, 6.45) is 5.42. The topological polar surface area (TPSA) is 90.5 Å². The summed E-state index contributed by atoms with van der Waals surface area (Å²) in [6.45, 7) is -0.143. The molecular weight excluding hydrogens is 394 g/mol. The number of amides is 1. The van der Waals surface area contributed by atoms with Crippen LogP contribution >= 0.6 is 0 Å². The van der Waals surface area contributed by atoms with Crippen LogP contribution in [0.15, 0.2) is 59.4 Å². The minimum absolute atomic E-state index is 0.143. The van der Waals surface area contributed by atoms with Crippen molar-refractivity contribution in [3.63, 3.8) is 0 Å². The zero-order valence-electron chi connectivity index (χ0n) is 17.0. The zero-order valence-corrected chi connectivity index (χ0v) is 17.0. The van der Waals surface area contributed by atoms with Gasteiger partial charge in [0.2, 0.25) is 11.6 Å². The van der Waals surface area contributed by atoms with Crippen LogP contribution < -0.4 is 15.7 Å². The molecule has 0 saturated heterocycles. The van der Waals surface area contributed by atoms with Crippen LogP contribution in [0.25, 0.3) is 16.7 Å². The van der Waals surface area contributed by atoms with Crippen molar-refractivity contribution in [3.8, 4) is 11.6 Å². The molecule has 2 heterocycles. The van der Waals surface area contributed by atoms with Crippen molar-refractivity contribution in [1.82, 2.24) is 24.5 Å². The molecule has 1 N–H and O–H groups in total. The number of hydrogen-bond donors (Lipinski definition) is 1. The van der Waals surface area contributed by atoms with E-state index < -0.39 is 5.69 Å². The molecular formula is C23H23N5O3. The van der Waals surface area contributed by atoms with Crippen molar-refractivity contribution in [1.29, 1.82) is 0 Å². The largest absolute Gasteiger partial charge is 0.436 e. The number of benzene rings is 2. The number of nitrogens with one attached hydrogen (secondary N) is 1. The second-order valence-corrected chi connectivity index (χ2v) is 7.82. The summed E-state index contributed by atoms with van der Waals surface area (Å²) in [5, 5.41) is 7.45. The van der Waals surface area contributed by atoms with Crippen LogP contribution in [0.1, 0.15) is 32.1 Å². The minimum atomic E-state index is -0.398. The maximum Gasteiger partial charge on any atom is 0.351 e. The Labute approximate surface area is 178 Å². The van der Waals surface area contributed by atoms with Crippen LogP contribution in [0.3, 0.4) is 0 Å². The second kappa shape index (κ2) is 8.22. The molecule has 0 radical (unpaired) electrons. The molecule has 1 fully saturated rings. The van der Waals surface area contributed by atoms with Gasteiger partial charge in [0.1, 0.15) is 12.3 Å². The molecule has 4 aromatic rings. The first-order chi connectivity index (χ1) is 15.2. The van der Waals surface area contributed by atoms with Crippen molar-refractivity contribution in [2.45, 2.75) is 44.7 Å². The lowest BCUT2D eigenvalue weighted by molar-refractivity contribution is -0.122. The smallest absolute Gasteiger partial charge is 0.351 e. The fourth-order valence-corrected chi connectivity index (χ4v) is 4.10. The molecule has 1 saturated carbocycles. The van der Waals surface area contributed by atoms with Gasteiger partial charge < -0.3 is 10.1 Å². The van der Waals surface area contributed by atoms with Gasteiger partial charge >= 0.3 is 5.69 Å². The molecule has 2 aromatic heterocycles. The molecule has 2 aromatic carbocycles. The number of rotatable bonds is 5. The first-order valence-electron chi connectivity index (χ1n) is 10.6. The van der Waals surface area contributed by atoms with Gasteiger partial charge in [-0.05, 0) is 37.1 Å². The summed E-state index contributed by atoms with van der Waals surface area (Å²) in [6, 6.07) is 16.7. The highest BCUT2D eigenvalue weighted by molar-refractivity contribution is 5.80. The van der Waals surface area contributed by atoms with Crippen LogP contribution in [-0.4, -0.2) is 31.1 Å². The summed E-state index contributed by atoms with van der Waals surface area (Å²) < 4.78 is 8.58. The van der Waals surface area contributed by atoms with E-state index in [0.717, 1.165) is 25.7 Å². The Morgan fingerprint density at radius 2 is 1.77 bits per heavy atom. The summed E-state index contributed by atoms with van der Waals surface area (Å²) in [7, 11) is 0. The normalized spacial score (nSPS) is 14.7. The van der Waals surface area contributed by atoms with Gasteiger partial charge in [0.25, 0.3) is 5.88 Å². The fourth-order valence-electron chi connectivity index (χ4n) is 4.10. The molecule has 5 rings (SSSR count). The molecule has 0 aliphatic heterocycles. The van der Waals surface area contributed by atoms with Crippen molar-refractivity contribution in [3.05, 3.63) is 65.1 Å². The number of nitrogens with zero attached hydrogens (tertiary/aromatic N) is 4. The lowest BCUT2D eigenvalue weighted by Crippen LogP contribution is -2.40. The fraction of sp³-hybridized carbons (Fsp3) is 0.304. The van der Waals surface area contributed by atoms with Gasteiger partial charge in [-0.15, -0.1) is 5.10 Å². The number of para-hydroxylation sites is 3. The lowest BCUT2D eigenvalue weighted by Gasteiger charge is -2.22. The van der Waals surface area contributed by atoms with Crippen LogP contribution in [0.4, 0.5) is 0 Å². The van der Waals surface area contributed by atoms with Crippen LogP contribution in [-0.2, 0) is 11.3 Å². The quantitative estimate of drug-likeness (QED) is 0.538. The van der Waals surface area contributed by atoms with Crippen LogP contribution in [0.5, 0.6) is 11.6 Å². The Balaban J connectivity index is 1.53. The summed E-state index contributed by atoms with van der Waals surface area (Å²) >= 11 is 0. The summed E-state index contributed by atoms with van der Waals surface area (Å²) in [4.78, 5) is 30.3. The molecule has 0 spiro atoms. The van der Waals surface area contributed by atoms with E-state index >= 15 is 0 Å². The Kier molecular flexibility index (Phi) is 5.11. The highest BCUT2D eigenvalue weighted by atomic mass is 16.5. The molecule has 0 atom stereocenters.